The van der Waals surface area contributed by atoms with Crippen molar-refractivity contribution < 1.29 is 4.42 Å². The predicted molar refractivity (Wildman–Crippen MR) is 61.0 cm³/mol. The van der Waals surface area contributed by atoms with Crippen LogP contribution in [0, 0.1) is 5.92 Å². The summed E-state index contributed by atoms with van der Waals surface area (Å²) in [5.74, 6) is 1.21. The van der Waals surface area contributed by atoms with E-state index in [0.29, 0.717) is 24.4 Å². The highest BCUT2D eigenvalue weighted by Crippen LogP contribution is 2.11. The molecule has 0 bridgehead atoms. The molecule has 0 aliphatic heterocycles. The number of aromatic amines is 1. The van der Waals surface area contributed by atoms with E-state index < -0.39 is 0 Å². The number of aromatic nitrogens is 3. The van der Waals surface area contributed by atoms with Crippen LogP contribution < -0.4 is 5.32 Å². The Bertz CT molecular complexity index is 419. The Morgan fingerprint density at radius 3 is 3.00 bits per heavy atom. The quantitative estimate of drug-likeness (QED) is 0.810. The highest BCUT2D eigenvalue weighted by Gasteiger charge is 2.07. The van der Waals surface area contributed by atoms with E-state index in [-0.39, 0.29) is 0 Å². The summed E-state index contributed by atoms with van der Waals surface area (Å²) in [6, 6.07) is 2.48. The third-order valence-electron chi connectivity index (χ3n) is 2.16. The lowest BCUT2D eigenvalue weighted by Crippen LogP contribution is -1.98. The summed E-state index contributed by atoms with van der Waals surface area (Å²) in [7, 11) is 0. The Labute approximate surface area is 94.3 Å². The van der Waals surface area contributed by atoms with Crippen LogP contribution in [0.2, 0.25) is 0 Å². The summed E-state index contributed by atoms with van der Waals surface area (Å²) < 4.78 is 5.45. The second-order valence-corrected chi connectivity index (χ2v) is 4.17. The van der Waals surface area contributed by atoms with Gasteiger partial charge < -0.3 is 14.7 Å². The van der Waals surface area contributed by atoms with E-state index in [0.717, 1.165) is 12.0 Å². The van der Waals surface area contributed by atoms with Crippen molar-refractivity contribution in [3.8, 4) is 0 Å². The van der Waals surface area contributed by atoms with Gasteiger partial charge in [-0.3, -0.25) is 0 Å². The fraction of sp³-hybridized carbons (Fsp3) is 0.455. The van der Waals surface area contributed by atoms with Crippen molar-refractivity contribution in [2.24, 2.45) is 5.92 Å². The minimum Gasteiger partial charge on any atom is -0.408 e. The zero-order valence-electron chi connectivity index (χ0n) is 9.53. The van der Waals surface area contributed by atoms with Crippen LogP contribution >= 0.6 is 0 Å². The fourth-order valence-corrected chi connectivity index (χ4v) is 1.40. The van der Waals surface area contributed by atoms with Gasteiger partial charge in [-0.2, -0.15) is 0 Å². The molecule has 16 heavy (non-hydrogen) atoms. The number of hydrogen-bond donors (Lipinski definition) is 2. The molecule has 0 spiro atoms. The van der Waals surface area contributed by atoms with Gasteiger partial charge >= 0.3 is 6.01 Å². The van der Waals surface area contributed by atoms with Crippen LogP contribution in [-0.2, 0) is 13.0 Å². The first kappa shape index (κ1) is 10.7. The molecule has 0 aliphatic carbocycles. The largest absolute Gasteiger partial charge is 0.408 e. The van der Waals surface area contributed by atoms with E-state index in [1.165, 1.54) is 0 Å². The van der Waals surface area contributed by atoms with E-state index in [2.05, 4.69) is 34.3 Å². The maximum atomic E-state index is 5.45. The molecule has 0 fully saturated rings. The molecule has 2 heterocycles. The number of nitrogens with one attached hydrogen (secondary N) is 2. The average Bonchev–Trinajstić information content (AvgIpc) is 2.84. The average molecular weight is 220 g/mol. The lowest BCUT2D eigenvalue weighted by atomic mass is 10.1. The molecule has 5 heteroatoms. The van der Waals surface area contributed by atoms with Crippen molar-refractivity contribution in [1.82, 2.24) is 15.2 Å². The third-order valence-corrected chi connectivity index (χ3v) is 2.16. The van der Waals surface area contributed by atoms with Gasteiger partial charge in [0, 0.05) is 25.4 Å². The molecule has 0 unspecified atom stereocenters. The van der Waals surface area contributed by atoms with Gasteiger partial charge in [0.1, 0.15) is 0 Å². The first-order valence-electron chi connectivity index (χ1n) is 5.42. The van der Waals surface area contributed by atoms with E-state index >= 15 is 0 Å². The lowest BCUT2D eigenvalue weighted by Gasteiger charge is -1.98. The highest BCUT2D eigenvalue weighted by atomic mass is 16.4. The highest BCUT2D eigenvalue weighted by molar-refractivity contribution is 5.21. The summed E-state index contributed by atoms with van der Waals surface area (Å²) in [5, 5.41) is 11.0. The third kappa shape index (κ3) is 2.85. The topological polar surface area (TPSA) is 66.7 Å². The first-order valence-corrected chi connectivity index (χ1v) is 5.42. The van der Waals surface area contributed by atoms with E-state index in [9.17, 15) is 0 Å². The van der Waals surface area contributed by atoms with Crippen LogP contribution in [0.1, 0.15) is 25.3 Å². The molecule has 0 aliphatic rings. The van der Waals surface area contributed by atoms with Crippen LogP contribution in [-0.4, -0.2) is 15.2 Å². The van der Waals surface area contributed by atoms with Gasteiger partial charge in [-0.1, -0.05) is 18.9 Å². The second-order valence-electron chi connectivity index (χ2n) is 4.17. The fourth-order valence-electron chi connectivity index (χ4n) is 1.40. The molecule has 2 aromatic rings. The molecule has 2 N–H and O–H groups in total. The maximum Gasteiger partial charge on any atom is 0.315 e. The van der Waals surface area contributed by atoms with E-state index in [4.69, 9.17) is 4.42 Å². The van der Waals surface area contributed by atoms with Gasteiger partial charge in [0.2, 0.25) is 5.89 Å². The van der Waals surface area contributed by atoms with Crippen molar-refractivity contribution >= 4 is 6.01 Å². The summed E-state index contributed by atoms with van der Waals surface area (Å²) in [6.07, 6.45) is 4.63. The van der Waals surface area contributed by atoms with Gasteiger partial charge in [0.05, 0.1) is 0 Å². The Morgan fingerprint density at radius 1 is 1.44 bits per heavy atom. The molecule has 0 atom stereocenters. The molecule has 0 aromatic carbocycles. The Morgan fingerprint density at radius 2 is 2.31 bits per heavy atom. The Kier molecular flexibility index (Phi) is 3.24. The minimum atomic E-state index is 0.483. The number of hydrogen-bond acceptors (Lipinski definition) is 4. The zero-order chi connectivity index (χ0) is 11.4. The van der Waals surface area contributed by atoms with Crippen LogP contribution in [0.15, 0.2) is 22.9 Å². The minimum absolute atomic E-state index is 0.483. The van der Waals surface area contributed by atoms with Crippen molar-refractivity contribution in [3.63, 3.8) is 0 Å². The number of H-pyrrole nitrogens is 1. The molecule has 2 rings (SSSR count). The number of anilines is 1. The molecule has 86 valence electrons. The molecule has 0 amide bonds. The SMILES string of the molecule is CC(C)Cc1nnc(NCc2cc[nH]c2)o1. The zero-order valence-corrected chi connectivity index (χ0v) is 9.53. The standard InChI is InChI=1S/C11H16N4O/c1-8(2)5-10-14-15-11(16-10)13-7-9-3-4-12-6-9/h3-4,6,8,12H,5,7H2,1-2H3,(H,13,15). The Hall–Kier alpha value is -1.78. The second kappa shape index (κ2) is 4.83. The normalized spacial score (nSPS) is 10.9. The predicted octanol–water partition coefficient (Wildman–Crippen LogP) is 2.21. The molecular formula is C11H16N4O. The molecule has 0 radical (unpaired) electrons. The van der Waals surface area contributed by atoms with Gasteiger partial charge in [-0.05, 0) is 17.5 Å². The van der Waals surface area contributed by atoms with Crippen LogP contribution in [0.5, 0.6) is 0 Å². The van der Waals surface area contributed by atoms with E-state index in [1.807, 2.05) is 18.5 Å². The van der Waals surface area contributed by atoms with Crippen molar-refractivity contribution in [1.29, 1.82) is 0 Å². The maximum absolute atomic E-state index is 5.45. The molecule has 0 saturated carbocycles. The van der Waals surface area contributed by atoms with Crippen LogP contribution in [0.4, 0.5) is 6.01 Å². The van der Waals surface area contributed by atoms with Gasteiger partial charge in [0.15, 0.2) is 0 Å². The summed E-state index contributed by atoms with van der Waals surface area (Å²) >= 11 is 0. The van der Waals surface area contributed by atoms with Crippen molar-refractivity contribution in [2.45, 2.75) is 26.8 Å². The molecule has 5 nitrogen and oxygen atoms in total. The summed E-state index contributed by atoms with van der Waals surface area (Å²) in [5.41, 5.74) is 1.16. The first-order chi connectivity index (χ1) is 7.74. The monoisotopic (exact) mass is 220 g/mol. The summed E-state index contributed by atoms with van der Waals surface area (Å²) in [4.78, 5) is 2.99. The molecular weight excluding hydrogens is 204 g/mol. The van der Waals surface area contributed by atoms with E-state index in [1.54, 1.807) is 0 Å². The van der Waals surface area contributed by atoms with Crippen molar-refractivity contribution in [2.75, 3.05) is 5.32 Å². The summed E-state index contributed by atoms with van der Waals surface area (Å²) in [6.45, 7) is 4.93. The van der Waals surface area contributed by atoms with Gasteiger partial charge in [0.25, 0.3) is 0 Å². The number of rotatable bonds is 5. The smallest absolute Gasteiger partial charge is 0.315 e. The van der Waals surface area contributed by atoms with Crippen LogP contribution in [0.3, 0.4) is 0 Å². The van der Waals surface area contributed by atoms with Gasteiger partial charge in [-0.15, -0.1) is 5.10 Å². The van der Waals surface area contributed by atoms with Crippen LogP contribution in [0.25, 0.3) is 0 Å². The number of nitrogens with zero attached hydrogens (tertiary/aromatic N) is 2. The van der Waals surface area contributed by atoms with Gasteiger partial charge in [-0.25, -0.2) is 0 Å². The molecule has 0 saturated heterocycles. The Balaban J connectivity index is 1.88. The molecule has 2 aromatic heterocycles. The van der Waals surface area contributed by atoms with Crippen molar-refractivity contribution in [3.05, 3.63) is 29.9 Å². The lowest BCUT2D eigenvalue weighted by molar-refractivity contribution is 0.465.